The van der Waals surface area contributed by atoms with E-state index in [1.54, 1.807) is 14.2 Å². The fourth-order valence-corrected chi connectivity index (χ4v) is 2.46. The molecule has 0 aromatic heterocycles. The van der Waals surface area contributed by atoms with Gasteiger partial charge in [0.25, 0.3) is 0 Å². The topological polar surface area (TPSA) is 33.7 Å². The van der Waals surface area contributed by atoms with E-state index in [0.717, 1.165) is 38.4 Å². The summed E-state index contributed by atoms with van der Waals surface area (Å²) in [5.41, 5.74) is 2.54. The quantitative estimate of drug-likeness (QED) is 0.673. The minimum Gasteiger partial charge on any atom is -0.496 e. The largest absolute Gasteiger partial charge is 0.496 e. The first-order valence-corrected chi connectivity index (χ1v) is 7.70. The van der Waals surface area contributed by atoms with Crippen LogP contribution in [0.5, 0.6) is 5.75 Å². The maximum atomic E-state index is 5.49. The molecule has 0 amide bonds. The Kier molecular flexibility index (Phi) is 8.35. The van der Waals surface area contributed by atoms with Gasteiger partial charge in [0.05, 0.1) is 7.11 Å². The van der Waals surface area contributed by atoms with E-state index >= 15 is 0 Å². The summed E-state index contributed by atoms with van der Waals surface area (Å²) in [5, 5.41) is 3.45. The van der Waals surface area contributed by atoms with Gasteiger partial charge in [-0.3, -0.25) is 0 Å². The van der Waals surface area contributed by atoms with E-state index in [4.69, 9.17) is 9.47 Å². The van der Waals surface area contributed by atoms with E-state index in [-0.39, 0.29) is 0 Å². The lowest BCUT2D eigenvalue weighted by atomic mass is 10.0. The van der Waals surface area contributed by atoms with Gasteiger partial charge < -0.3 is 19.7 Å². The smallest absolute Gasteiger partial charge is 0.123 e. The molecule has 1 N–H and O–H groups in total. The van der Waals surface area contributed by atoms with Gasteiger partial charge in [0.15, 0.2) is 0 Å². The predicted molar refractivity (Wildman–Crippen MR) is 87.9 cm³/mol. The molecule has 1 atom stereocenters. The zero-order valence-corrected chi connectivity index (χ0v) is 14.1. The molecule has 4 heteroatoms. The Labute approximate surface area is 129 Å². The highest BCUT2D eigenvalue weighted by Gasteiger charge is 2.10. The number of hydrogen-bond donors (Lipinski definition) is 1. The van der Waals surface area contributed by atoms with Crippen molar-refractivity contribution in [3.8, 4) is 5.75 Å². The molecule has 4 nitrogen and oxygen atoms in total. The highest BCUT2D eigenvalue weighted by Crippen LogP contribution is 2.24. The monoisotopic (exact) mass is 294 g/mol. The molecule has 1 aromatic rings. The summed E-state index contributed by atoms with van der Waals surface area (Å²) in [4.78, 5) is 2.30. The lowest BCUT2D eigenvalue weighted by molar-refractivity contribution is 0.178. The van der Waals surface area contributed by atoms with Gasteiger partial charge in [-0.05, 0) is 44.6 Å². The molecule has 0 spiro atoms. The van der Waals surface area contributed by atoms with Crippen LogP contribution in [-0.2, 0) is 11.3 Å². The summed E-state index contributed by atoms with van der Waals surface area (Å²) in [5.74, 6) is 0.959. The maximum absolute atomic E-state index is 5.49. The molecular weight excluding hydrogens is 264 g/mol. The minimum atomic E-state index is 0.360. The van der Waals surface area contributed by atoms with Gasteiger partial charge in [-0.15, -0.1) is 0 Å². The third-order valence-electron chi connectivity index (χ3n) is 3.64. The van der Waals surface area contributed by atoms with Crippen molar-refractivity contribution in [1.82, 2.24) is 10.2 Å². The van der Waals surface area contributed by atoms with Gasteiger partial charge in [0.1, 0.15) is 5.75 Å². The molecule has 21 heavy (non-hydrogen) atoms. The molecule has 0 aliphatic heterocycles. The number of methoxy groups -OCH3 is 2. The van der Waals surface area contributed by atoms with Gasteiger partial charge in [0.2, 0.25) is 0 Å². The van der Waals surface area contributed by atoms with Crippen molar-refractivity contribution in [2.75, 3.05) is 41.0 Å². The normalized spacial score (nSPS) is 12.7. The molecule has 0 fully saturated rings. The van der Waals surface area contributed by atoms with Crippen LogP contribution in [0.4, 0.5) is 0 Å². The molecule has 0 radical (unpaired) electrons. The molecule has 0 saturated heterocycles. The summed E-state index contributed by atoms with van der Waals surface area (Å²) in [7, 11) is 5.61. The van der Waals surface area contributed by atoms with E-state index in [1.165, 1.54) is 11.1 Å². The van der Waals surface area contributed by atoms with Crippen LogP contribution in [0.15, 0.2) is 18.2 Å². The SMILES string of the molecule is CCNC(C)c1ccc(OC)c(CN(C)CCCOC)c1. The van der Waals surface area contributed by atoms with E-state index in [9.17, 15) is 0 Å². The van der Waals surface area contributed by atoms with Crippen LogP contribution in [0, 0.1) is 0 Å². The fraction of sp³-hybridized carbons (Fsp3) is 0.647. The molecule has 0 aliphatic rings. The second-order valence-corrected chi connectivity index (χ2v) is 5.43. The first-order valence-electron chi connectivity index (χ1n) is 7.70. The summed E-state index contributed by atoms with van der Waals surface area (Å²) >= 11 is 0. The van der Waals surface area contributed by atoms with Crippen molar-refractivity contribution in [3.05, 3.63) is 29.3 Å². The average Bonchev–Trinajstić information content (AvgIpc) is 2.47. The molecule has 0 heterocycles. The van der Waals surface area contributed by atoms with E-state index < -0.39 is 0 Å². The number of nitrogens with zero attached hydrogens (tertiary/aromatic N) is 1. The van der Waals surface area contributed by atoms with Crippen LogP contribution in [-0.4, -0.2) is 45.9 Å². The molecule has 0 bridgehead atoms. The van der Waals surface area contributed by atoms with Crippen molar-refractivity contribution < 1.29 is 9.47 Å². The van der Waals surface area contributed by atoms with Gasteiger partial charge >= 0.3 is 0 Å². The molecule has 1 aromatic carbocycles. The summed E-state index contributed by atoms with van der Waals surface area (Å²) < 4.78 is 10.6. The molecule has 0 saturated carbocycles. The Hall–Kier alpha value is -1.10. The van der Waals surface area contributed by atoms with Gasteiger partial charge in [-0.25, -0.2) is 0 Å². The third-order valence-corrected chi connectivity index (χ3v) is 3.64. The van der Waals surface area contributed by atoms with Crippen LogP contribution in [0.25, 0.3) is 0 Å². The Balaban J connectivity index is 2.75. The number of nitrogens with one attached hydrogen (secondary N) is 1. The zero-order valence-electron chi connectivity index (χ0n) is 14.1. The Morgan fingerprint density at radius 2 is 2.05 bits per heavy atom. The van der Waals surface area contributed by atoms with Crippen molar-refractivity contribution >= 4 is 0 Å². The van der Waals surface area contributed by atoms with Crippen LogP contribution in [0.3, 0.4) is 0 Å². The number of rotatable bonds is 10. The Morgan fingerprint density at radius 1 is 1.29 bits per heavy atom. The first-order chi connectivity index (χ1) is 10.1. The summed E-state index contributed by atoms with van der Waals surface area (Å²) in [6.45, 7) is 8.00. The van der Waals surface area contributed by atoms with E-state index in [1.807, 2.05) is 0 Å². The van der Waals surface area contributed by atoms with Crippen molar-refractivity contribution in [2.24, 2.45) is 0 Å². The second-order valence-electron chi connectivity index (χ2n) is 5.43. The minimum absolute atomic E-state index is 0.360. The molecule has 120 valence electrons. The lowest BCUT2D eigenvalue weighted by Crippen LogP contribution is -2.21. The maximum Gasteiger partial charge on any atom is 0.123 e. The standard InChI is InChI=1S/C17H30N2O2/c1-6-18-14(2)15-8-9-17(21-5)16(12-15)13-19(3)10-7-11-20-4/h8-9,12,14,18H,6-7,10-11,13H2,1-5H3. The predicted octanol–water partition coefficient (Wildman–Crippen LogP) is 2.83. The fourth-order valence-electron chi connectivity index (χ4n) is 2.46. The molecule has 1 unspecified atom stereocenters. The van der Waals surface area contributed by atoms with Crippen LogP contribution in [0.1, 0.15) is 37.4 Å². The Morgan fingerprint density at radius 3 is 2.67 bits per heavy atom. The molecule has 1 rings (SSSR count). The highest BCUT2D eigenvalue weighted by atomic mass is 16.5. The first kappa shape index (κ1) is 18.0. The summed E-state index contributed by atoms with van der Waals surface area (Å²) in [6.07, 6.45) is 1.04. The van der Waals surface area contributed by atoms with Crippen LogP contribution >= 0.6 is 0 Å². The van der Waals surface area contributed by atoms with Crippen molar-refractivity contribution in [1.29, 1.82) is 0 Å². The van der Waals surface area contributed by atoms with Crippen molar-refractivity contribution in [3.63, 3.8) is 0 Å². The van der Waals surface area contributed by atoms with E-state index in [0.29, 0.717) is 6.04 Å². The van der Waals surface area contributed by atoms with Crippen molar-refractivity contribution in [2.45, 2.75) is 32.9 Å². The zero-order chi connectivity index (χ0) is 15.7. The van der Waals surface area contributed by atoms with E-state index in [2.05, 4.69) is 49.3 Å². The molecular formula is C17H30N2O2. The third kappa shape index (κ3) is 6.04. The van der Waals surface area contributed by atoms with Crippen LogP contribution < -0.4 is 10.1 Å². The van der Waals surface area contributed by atoms with Gasteiger partial charge in [-0.1, -0.05) is 13.0 Å². The number of hydrogen-bond acceptors (Lipinski definition) is 4. The lowest BCUT2D eigenvalue weighted by Gasteiger charge is -2.20. The Bertz CT molecular complexity index is 410. The average molecular weight is 294 g/mol. The number of ether oxygens (including phenoxy) is 2. The summed E-state index contributed by atoms with van der Waals surface area (Å²) in [6, 6.07) is 6.82. The van der Waals surface area contributed by atoms with Gasteiger partial charge in [-0.2, -0.15) is 0 Å². The number of benzene rings is 1. The van der Waals surface area contributed by atoms with Crippen LogP contribution in [0.2, 0.25) is 0 Å². The second kappa shape index (κ2) is 9.77. The van der Waals surface area contributed by atoms with Gasteiger partial charge in [0, 0.05) is 38.4 Å². The highest BCUT2D eigenvalue weighted by molar-refractivity contribution is 5.38. The molecule has 0 aliphatic carbocycles.